The molecule has 5 heteroatoms. The van der Waals surface area contributed by atoms with Crippen LogP contribution in [-0.4, -0.2) is 12.6 Å². The van der Waals surface area contributed by atoms with Crippen molar-refractivity contribution in [1.82, 2.24) is 0 Å². The summed E-state index contributed by atoms with van der Waals surface area (Å²) < 4.78 is 37.6. The lowest BCUT2D eigenvalue weighted by Crippen LogP contribution is -2.08. The van der Waals surface area contributed by atoms with Gasteiger partial charge in [0.05, 0.1) is 5.56 Å². The second-order valence-electron chi connectivity index (χ2n) is 2.81. The molecule has 0 aliphatic rings. The first-order valence-corrected chi connectivity index (χ1v) is 4.10. The van der Waals surface area contributed by atoms with Crippen molar-refractivity contribution in [2.45, 2.75) is 6.18 Å². The van der Waals surface area contributed by atoms with Crippen molar-refractivity contribution in [3.05, 3.63) is 34.9 Å². The second-order valence-corrected chi connectivity index (χ2v) is 2.81. The van der Waals surface area contributed by atoms with Crippen molar-refractivity contribution in [1.29, 1.82) is 0 Å². The highest BCUT2D eigenvalue weighted by Gasteiger charge is 2.33. The van der Waals surface area contributed by atoms with E-state index in [0.717, 1.165) is 6.07 Å². The average molecular weight is 226 g/mol. The lowest BCUT2D eigenvalue weighted by Gasteiger charge is -2.09. The van der Waals surface area contributed by atoms with E-state index in [1.807, 2.05) is 5.92 Å². The zero-order valence-corrected chi connectivity index (χ0v) is 7.84. The van der Waals surface area contributed by atoms with Gasteiger partial charge in [0.15, 0.2) is 6.29 Å². The molecule has 0 fully saturated rings. The molecule has 0 spiro atoms. The van der Waals surface area contributed by atoms with Gasteiger partial charge in [-0.2, -0.15) is 13.2 Å². The average Bonchev–Trinajstić information content (AvgIpc) is 2.25. The smallest absolute Gasteiger partial charge is 0.298 e. The summed E-state index contributed by atoms with van der Waals surface area (Å²) in [5.74, 6) is 3.96. The third kappa shape index (κ3) is 2.70. The summed E-state index contributed by atoms with van der Waals surface area (Å²) in [7, 11) is 0. The van der Waals surface area contributed by atoms with E-state index in [2.05, 4.69) is 5.92 Å². The SMILES string of the molecule is O=CC#Cc1ccc(C=O)cc1C(F)(F)F. The Kier molecular flexibility index (Phi) is 3.46. The Balaban J connectivity index is 3.38. The number of rotatable bonds is 1. The predicted molar refractivity (Wildman–Crippen MR) is 49.8 cm³/mol. The summed E-state index contributed by atoms with van der Waals surface area (Å²) in [5, 5.41) is 0. The second kappa shape index (κ2) is 4.62. The van der Waals surface area contributed by atoms with Crippen LogP contribution >= 0.6 is 0 Å². The van der Waals surface area contributed by atoms with Crippen LogP contribution in [0.25, 0.3) is 0 Å². The molecule has 1 rings (SSSR count). The Morgan fingerprint density at radius 2 is 1.88 bits per heavy atom. The molecule has 16 heavy (non-hydrogen) atoms. The van der Waals surface area contributed by atoms with Gasteiger partial charge in [-0.1, -0.05) is 12.0 Å². The van der Waals surface area contributed by atoms with Gasteiger partial charge in [-0.25, -0.2) is 0 Å². The zero-order chi connectivity index (χ0) is 12.2. The van der Waals surface area contributed by atoms with Gasteiger partial charge in [0.25, 0.3) is 0 Å². The third-order valence-corrected chi connectivity index (χ3v) is 1.75. The van der Waals surface area contributed by atoms with Crippen LogP contribution in [-0.2, 0) is 11.0 Å². The predicted octanol–water partition coefficient (Wildman–Crippen LogP) is 2.07. The number of aldehydes is 2. The monoisotopic (exact) mass is 226 g/mol. The van der Waals surface area contributed by atoms with Crippen molar-refractivity contribution in [2.75, 3.05) is 0 Å². The van der Waals surface area contributed by atoms with Crippen LogP contribution in [0.5, 0.6) is 0 Å². The number of alkyl halides is 3. The number of carbonyl (C=O) groups excluding carboxylic acids is 2. The van der Waals surface area contributed by atoms with Crippen LogP contribution < -0.4 is 0 Å². The molecule has 0 aliphatic carbocycles. The molecule has 0 bridgehead atoms. The molecule has 1 aromatic rings. The van der Waals surface area contributed by atoms with Crippen LogP contribution in [0, 0.1) is 11.8 Å². The number of hydrogen-bond acceptors (Lipinski definition) is 2. The van der Waals surface area contributed by atoms with Crippen LogP contribution in [0.1, 0.15) is 21.5 Å². The van der Waals surface area contributed by atoms with Crippen LogP contribution in [0.3, 0.4) is 0 Å². The van der Waals surface area contributed by atoms with Gasteiger partial charge in [-0.05, 0) is 18.1 Å². The van der Waals surface area contributed by atoms with Gasteiger partial charge >= 0.3 is 6.18 Å². The molecule has 1 aromatic carbocycles. The van der Waals surface area contributed by atoms with Gasteiger partial charge in [-0.3, -0.25) is 9.59 Å². The van der Waals surface area contributed by atoms with Crippen LogP contribution in [0.2, 0.25) is 0 Å². The number of halogens is 3. The topological polar surface area (TPSA) is 34.1 Å². The van der Waals surface area contributed by atoms with E-state index in [9.17, 15) is 22.8 Å². The molecule has 0 N–H and O–H groups in total. The van der Waals surface area contributed by atoms with Gasteiger partial charge < -0.3 is 0 Å². The maximum Gasteiger partial charge on any atom is 0.417 e. The molecule has 0 atom stereocenters. The molecule has 0 saturated heterocycles. The molecule has 0 aromatic heterocycles. The highest BCUT2D eigenvalue weighted by Crippen LogP contribution is 2.32. The lowest BCUT2D eigenvalue weighted by molar-refractivity contribution is -0.137. The van der Waals surface area contributed by atoms with E-state index in [4.69, 9.17) is 0 Å². The Bertz CT molecular complexity index is 478. The molecule has 82 valence electrons. The molecule has 0 unspecified atom stereocenters. The minimum absolute atomic E-state index is 0.0935. The quantitative estimate of drug-likeness (QED) is 0.542. The minimum atomic E-state index is -4.61. The lowest BCUT2D eigenvalue weighted by atomic mass is 10.0. The molecule has 0 aliphatic heterocycles. The van der Waals surface area contributed by atoms with Crippen molar-refractivity contribution < 1.29 is 22.8 Å². The Labute approximate surface area is 89.1 Å². The van der Waals surface area contributed by atoms with Crippen LogP contribution in [0.15, 0.2) is 18.2 Å². The normalized spacial score (nSPS) is 10.2. The number of hydrogen-bond donors (Lipinski definition) is 0. The van der Waals surface area contributed by atoms with E-state index in [1.54, 1.807) is 0 Å². The van der Waals surface area contributed by atoms with Gasteiger partial charge in [0, 0.05) is 11.1 Å². The fraction of sp³-hybridized carbons (Fsp3) is 0.0909. The maximum absolute atomic E-state index is 12.5. The Morgan fingerprint density at radius 1 is 1.19 bits per heavy atom. The summed E-state index contributed by atoms with van der Waals surface area (Å²) >= 11 is 0. The van der Waals surface area contributed by atoms with E-state index >= 15 is 0 Å². The van der Waals surface area contributed by atoms with Crippen molar-refractivity contribution in [3.63, 3.8) is 0 Å². The molecular formula is C11H5F3O2. The largest absolute Gasteiger partial charge is 0.417 e. The maximum atomic E-state index is 12.5. The fourth-order valence-corrected chi connectivity index (χ4v) is 1.09. The van der Waals surface area contributed by atoms with E-state index in [1.165, 1.54) is 6.07 Å². The summed E-state index contributed by atoms with van der Waals surface area (Å²) in [6.07, 6.45) is -4.09. The third-order valence-electron chi connectivity index (χ3n) is 1.75. The van der Waals surface area contributed by atoms with Crippen molar-refractivity contribution >= 4 is 12.6 Å². The molecule has 0 radical (unpaired) electrons. The Morgan fingerprint density at radius 3 is 2.38 bits per heavy atom. The highest BCUT2D eigenvalue weighted by atomic mass is 19.4. The first-order valence-electron chi connectivity index (χ1n) is 4.10. The summed E-state index contributed by atoms with van der Waals surface area (Å²) in [4.78, 5) is 20.3. The minimum Gasteiger partial charge on any atom is -0.298 e. The summed E-state index contributed by atoms with van der Waals surface area (Å²) in [6.45, 7) is 0. The van der Waals surface area contributed by atoms with Gasteiger partial charge in [-0.15, -0.1) is 0 Å². The van der Waals surface area contributed by atoms with Crippen LogP contribution in [0.4, 0.5) is 13.2 Å². The van der Waals surface area contributed by atoms with Gasteiger partial charge in [0.2, 0.25) is 0 Å². The molecular weight excluding hydrogens is 221 g/mol. The van der Waals surface area contributed by atoms with E-state index in [-0.39, 0.29) is 17.4 Å². The first kappa shape index (κ1) is 12.0. The summed E-state index contributed by atoms with van der Waals surface area (Å²) in [6, 6.07) is 2.96. The molecule has 2 nitrogen and oxygen atoms in total. The fourth-order valence-electron chi connectivity index (χ4n) is 1.09. The molecule has 0 saturated carbocycles. The van der Waals surface area contributed by atoms with E-state index in [0.29, 0.717) is 12.4 Å². The molecule has 0 heterocycles. The first-order chi connectivity index (χ1) is 7.49. The summed E-state index contributed by atoms with van der Waals surface area (Å²) in [5.41, 5.74) is -1.44. The number of carbonyl (C=O) groups is 2. The van der Waals surface area contributed by atoms with Crippen molar-refractivity contribution in [2.24, 2.45) is 0 Å². The van der Waals surface area contributed by atoms with Gasteiger partial charge in [0.1, 0.15) is 6.29 Å². The highest BCUT2D eigenvalue weighted by molar-refractivity contribution is 5.77. The van der Waals surface area contributed by atoms with E-state index < -0.39 is 11.7 Å². The Hall–Kier alpha value is -2.09. The zero-order valence-electron chi connectivity index (χ0n) is 7.84. The van der Waals surface area contributed by atoms with Crippen molar-refractivity contribution in [3.8, 4) is 11.8 Å². The molecule has 0 amide bonds. The number of benzene rings is 1. The standard InChI is InChI=1S/C11H5F3O2/c12-11(13,14)10-6-8(7-16)3-4-9(10)2-1-5-15/h3-7H.